The molecule has 0 unspecified atom stereocenters. The van der Waals surface area contributed by atoms with Crippen molar-refractivity contribution in [1.29, 1.82) is 0 Å². The van der Waals surface area contributed by atoms with Gasteiger partial charge in [-0.15, -0.1) is 0 Å². The molecule has 0 atom stereocenters. The zero-order valence-corrected chi connectivity index (χ0v) is 8.81. The quantitative estimate of drug-likeness (QED) is 0.881. The molecule has 88 valence electrons. The van der Waals surface area contributed by atoms with Gasteiger partial charge in [0, 0.05) is 5.56 Å². The van der Waals surface area contributed by atoms with Crippen molar-refractivity contribution in [3.05, 3.63) is 48.5 Å². The third-order valence-corrected chi connectivity index (χ3v) is 2.27. The highest BCUT2D eigenvalue weighted by atomic mass is 19.3. The Balaban J connectivity index is 2.37. The standard InChI is InChI=1S/C13H10F2O2/c14-13(15)17-10-5-3-4-9(8-10)11-6-1-2-7-12(11)16/h1-8,13,16H. The van der Waals surface area contributed by atoms with E-state index in [1.807, 2.05) is 0 Å². The van der Waals surface area contributed by atoms with Gasteiger partial charge >= 0.3 is 6.61 Å². The summed E-state index contributed by atoms with van der Waals surface area (Å²) in [6, 6.07) is 12.9. The Bertz CT molecular complexity index is 512. The lowest BCUT2D eigenvalue weighted by Gasteiger charge is -2.08. The van der Waals surface area contributed by atoms with Gasteiger partial charge in [0.05, 0.1) is 0 Å². The molecular formula is C13H10F2O2. The number of para-hydroxylation sites is 1. The third-order valence-electron chi connectivity index (χ3n) is 2.27. The minimum atomic E-state index is -2.85. The van der Waals surface area contributed by atoms with Gasteiger partial charge in [0.15, 0.2) is 0 Å². The number of alkyl halides is 2. The normalized spacial score (nSPS) is 10.5. The van der Waals surface area contributed by atoms with Gasteiger partial charge in [0.25, 0.3) is 0 Å². The maximum absolute atomic E-state index is 12.1. The molecule has 4 heteroatoms. The van der Waals surface area contributed by atoms with Crippen molar-refractivity contribution in [2.45, 2.75) is 6.61 Å². The highest BCUT2D eigenvalue weighted by Crippen LogP contribution is 2.31. The molecule has 0 aliphatic carbocycles. The molecule has 0 aliphatic heterocycles. The van der Waals surface area contributed by atoms with Crippen LogP contribution in [0.15, 0.2) is 48.5 Å². The van der Waals surface area contributed by atoms with E-state index < -0.39 is 6.61 Å². The average molecular weight is 236 g/mol. The van der Waals surface area contributed by atoms with E-state index in [2.05, 4.69) is 4.74 Å². The molecule has 2 nitrogen and oxygen atoms in total. The van der Waals surface area contributed by atoms with Crippen LogP contribution in [-0.2, 0) is 0 Å². The Morgan fingerprint density at radius 1 is 1.00 bits per heavy atom. The molecule has 0 fully saturated rings. The Kier molecular flexibility index (Phi) is 3.23. The van der Waals surface area contributed by atoms with Gasteiger partial charge < -0.3 is 9.84 Å². The fourth-order valence-electron chi connectivity index (χ4n) is 1.56. The number of benzene rings is 2. The van der Waals surface area contributed by atoms with Crippen LogP contribution in [0.25, 0.3) is 11.1 Å². The molecule has 0 radical (unpaired) electrons. The first-order valence-corrected chi connectivity index (χ1v) is 5.00. The minimum Gasteiger partial charge on any atom is -0.507 e. The van der Waals surface area contributed by atoms with Crippen molar-refractivity contribution < 1.29 is 18.6 Å². The number of ether oxygens (including phenoxy) is 1. The molecule has 2 aromatic rings. The van der Waals surface area contributed by atoms with E-state index in [1.54, 1.807) is 30.3 Å². The summed E-state index contributed by atoms with van der Waals surface area (Å²) < 4.78 is 28.4. The topological polar surface area (TPSA) is 29.5 Å². The summed E-state index contributed by atoms with van der Waals surface area (Å²) in [6.45, 7) is -2.85. The van der Waals surface area contributed by atoms with Crippen molar-refractivity contribution in [3.8, 4) is 22.6 Å². The molecule has 0 saturated carbocycles. The van der Waals surface area contributed by atoms with E-state index in [1.165, 1.54) is 18.2 Å². The summed E-state index contributed by atoms with van der Waals surface area (Å²) in [6.07, 6.45) is 0. The van der Waals surface area contributed by atoms with Crippen molar-refractivity contribution >= 4 is 0 Å². The van der Waals surface area contributed by atoms with Crippen LogP contribution >= 0.6 is 0 Å². The Morgan fingerprint density at radius 3 is 2.47 bits per heavy atom. The smallest absolute Gasteiger partial charge is 0.387 e. The summed E-state index contributed by atoms with van der Waals surface area (Å²) in [7, 11) is 0. The van der Waals surface area contributed by atoms with Gasteiger partial charge in [-0.2, -0.15) is 8.78 Å². The minimum absolute atomic E-state index is 0.0701. The van der Waals surface area contributed by atoms with E-state index >= 15 is 0 Å². The lowest BCUT2D eigenvalue weighted by atomic mass is 10.0. The van der Waals surface area contributed by atoms with Gasteiger partial charge in [-0.3, -0.25) is 0 Å². The van der Waals surface area contributed by atoms with Crippen LogP contribution in [0, 0.1) is 0 Å². The van der Waals surface area contributed by atoms with Crippen molar-refractivity contribution in [2.24, 2.45) is 0 Å². The fraction of sp³-hybridized carbons (Fsp3) is 0.0769. The maximum atomic E-state index is 12.1. The summed E-state index contributed by atoms with van der Waals surface area (Å²) in [5.41, 5.74) is 1.20. The summed E-state index contributed by atoms with van der Waals surface area (Å²) in [5.74, 6) is 0.169. The number of hydrogen-bond donors (Lipinski definition) is 1. The first-order valence-electron chi connectivity index (χ1n) is 5.00. The molecule has 0 saturated heterocycles. The molecule has 0 heterocycles. The molecule has 0 bridgehead atoms. The molecule has 2 aromatic carbocycles. The molecule has 0 aliphatic rings. The zero-order chi connectivity index (χ0) is 12.3. The van der Waals surface area contributed by atoms with Gasteiger partial charge in [0.1, 0.15) is 11.5 Å². The summed E-state index contributed by atoms with van der Waals surface area (Å²) in [5, 5.41) is 9.65. The second-order valence-electron chi connectivity index (χ2n) is 3.42. The predicted molar refractivity (Wildman–Crippen MR) is 60.2 cm³/mol. The van der Waals surface area contributed by atoms with Crippen LogP contribution in [0.5, 0.6) is 11.5 Å². The number of hydrogen-bond acceptors (Lipinski definition) is 2. The van der Waals surface area contributed by atoms with Crippen LogP contribution in [-0.4, -0.2) is 11.7 Å². The van der Waals surface area contributed by atoms with E-state index in [9.17, 15) is 13.9 Å². The molecule has 17 heavy (non-hydrogen) atoms. The van der Waals surface area contributed by atoms with Crippen LogP contribution in [0.2, 0.25) is 0 Å². The molecule has 0 aromatic heterocycles. The van der Waals surface area contributed by atoms with Crippen LogP contribution in [0.1, 0.15) is 0 Å². The number of phenolic OH excluding ortho intramolecular Hbond substituents is 1. The Labute approximate surface area is 97.1 Å². The lowest BCUT2D eigenvalue weighted by Crippen LogP contribution is -2.01. The van der Waals surface area contributed by atoms with Gasteiger partial charge in [-0.25, -0.2) is 0 Å². The Morgan fingerprint density at radius 2 is 1.76 bits per heavy atom. The molecule has 0 amide bonds. The number of rotatable bonds is 3. The van der Waals surface area contributed by atoms with Gasteiger partial charge in [-0.1, -0.05) is 30.3 Å². The molecule has 0 spiro atoms. The highest BCUT2D eigenvalue weighted by Gasteiger charge is 2.07. The second-order valence-corrected chi connectivity index (χ2v) is 3.42. The second kappa shape index (κ2) is 4.82. The van der Waals surface area contributed by atoms with Gasteiger partial charge in [0.2, 0.25) is 0 Å². The lowest BCUT2D eigenvalue weighted by molar-refractivity contribution is -0.0498. The molecular weight excluding hydrogens is 226 g/mol. The van der Waals surface area contributed by atoms with Crippen molar-refractivity contribution in [1.82, 2.24) is 0 Å². The number of halogens is 2. The highest BCUT2D eigenvalue weighted by molar-refractivity contribution is 5.70. The van der Waals surface area contributed by atoms with Gasteiger partial charge in [-0.05, 0) is 23.8 Å². The van der Waals surface area contributed by atoms with E-state index in [-0.39, 0.29) is 11.5 Å². The van der Waals surface area contributed by atoms with E-state index in [0.717, 1.165) is 0 Å². The maximum Gasteiger partial charge on any atom is 0.387 e. The predicted octanol–water partition coefficient (Wildman–Crippen LogP) is 3.66. The van der Waals surface area contributed by atoms with Crippen molar-refractivity contribution in [2.75, 3.05) is 0 Å². The van der Waals surface area contributed by atoms with Crippen LogP contribution < -0.4 is 4.74 Å². The first-order chi connectivity index (χ1) is 8.16. The van der Waals surface area contributed by atoms with Crippen LogP contribution in [0.4, 0.5) is 8.78 Å². The molecule has 1 N–H and O–H groups in total. The average Bonchev–Trinajstić information content (AvgIpc) is 2.29. The zero-order valence-electron chi connectivity index (χ0n) is 8.81. The first kappa shape index (κ1) is 11.4. The Hall–Kier alpha value is -2.10. The van der Waals surface area contributed by atoms with E-state index in [4.69, 9.17) is 0 Å². The summed E-state index contributed by atoms with van der Waals surface area (Å²) >= 11 is 0. The van der Waals surface area contributed by atoms with E-state index in [0.29, 0.717) is 11.1 Å². The SMILES string of the molecule is Oc1ccccc1-c1cccc(OC(F)F)c1. The monoisotopic (exact) mass is 236 g/mol. The largest absolute Gasteiger partial charge is 0.507 e. The third kappa shape index (κ3) is 2.72. The van der Waals surface area contributed by atoms with Crippen LogP contribution in [0.3, 0.4) is 0 Å². The molecule has 2 rings (SSSR count). The fourth-order valence-corrected chi connectivity index (χ4v) is 1.56. The summed E-state index contributed by atoms with van der Waals surface area (Å²) in [4.78, 5) is 0. The van der Waals surface area contributed by atoms with Crippen molar-refractivity contribution in [3.63, 3.8) is 0 Å². The number of phenols is 1. The number of aromatic hydroxyl groups is 1.